The number of carbonyl (C=O) groups is 1. The normalized spacial score (nSPS) is 11.4. The van der Waals surface area contributed by atoms with Crippen LogP contribution >= 0.6 is 0 Å². The van der Waals surface area contributed by atoms with Crippen molar-refractivity contribution in [3.05, 3.63) is 65.4 Å². The average Bonchev–Trinajstić information content (AvgIpc) is 3.08. The van der Waals surface area contributed by atoms with Gasteiger partial charge in [-0.05, 0) is 62.1 Å². The lowest BCUT2D eigenvalue weighted by Gasteiger charge is -2.08. The van der Waals surface area contributed by atoms with E-state index < -0.39 is 5.97 Å². The van der Waals surface area contributed by atoms with Crippen LogP contribution < -0.4 is 5.73 Å². The number of aryl methyl sites for hydroxylation is 2. The number of unbranched alkanes of at least 4 members (excludes halogenated alkanes) is 1. The number of para-hydroxylation sites is 1. The molecule has 0 fully saturated rings. The fourth-order valence-electron chi connectivity index (χ4n) is 3.84. The number of carboxylic acids is 1. The summed E-state index contributed by atoms with van der Waals surface area (Å²) in [6, 6.07) is 13.6. The number of carboxylic acid groups (broad SMARTS) is 1. The average molecular weight is 373 g/mol. The third kappa shape index (κ3) is 3.14. The number of nitrogens with two attached hydrogens (primary N) is 1. The molecule has 5 nitrogen and oxygen atoms in total. The van der Waals surface area contributed by atoms with Gasteiger partial charge in [-0.3, -0.25) is 4.98 Å². The van der Waals surface area contributed by atoms with E-state index >= 15 is 0 Å². The van der Waals surface area contributed by atoms with Gasteiger partial charge < -0.3 is 15.8 Å². The second kappa shape index (κ2) is 7.44. The Morgan fingerprint density at radius 3 is 2.79 bits per heavy atom. The van der Waals surface area contributed by atoms with Gasteiger partial charge in [-0.25, -0.2) is 4.79 Å². The summed E-state index contributed by atoms with van der Waals surface area (Å²) in [6.07, 6.45) is 4.43. The summed E-state index contributed by atoms with van der Waals surface area (Å²) in [4.78, 5) is 20.0. The number of aromatic carboxylic acids is 1. The summed E-state index contributed by atoms with van der Waals surface area (Å²) in [5, 5.41) is 11.6. The van der Waals surface area contributed by atoms with Crippen LogP contribution in [0, 0.1) is 6.92 Å². The number of rotatable bonds is 6. The Morgan fingerprint density at radius 1 is 1.18 bits per heavy atom. The van der Waals surface area contributed by atoms with Gasteiger partial charge >= 0.3 is 5.97 Å². The van der Waals surface area contributed by atoms with Crippen LogP contribution in [0.5, 0.6) is 0 Å². The Bertz CT molecular complexity index is 1180. The van der Waals surface area contributed by atoms with Crippen LogP contribution in [-0.4, -0.2) is 27.6 Å². The van der Waals surface area contributed by atoms with Gasteiger partial charge in [0.05, 0.1) is 16.8 Å². The summed E-state index contributed by atoms with van der Waals surface area (Å²) in [5.41, 5.74) is 11.8. The highest BCUT2D eigenvalue weighted by Crippen LogP contribution is 2.36. The SMILES string of the molecule is Cc1ccc(C(=O)O)c2c(CCCCN)c(-c3cnc4ccccc4c3)[nH]c12. The maximum Gasteiger partial charge on any atom is 0.336 e. The number of hydrogen-bond acceptors (Lipinski definition) is 3. The Hall–Kier alpha value is -3.18. The lowest BCUT2D eigenvalue weighted by molar-refractivity contribution is 0.0699. The molecule has 4 N–H and O–H groups in total. The van der Waals surface area contributed by atoms with Crippen molar-refractivity contribution in [3.8, 4) is 11.3 Å². The molecule has 4 rings (SSSR count). The number of pyridine rings is 1. The first-order valence-corrected chi connectivity index (χ1v) is 9.53. The van der Waals surface area contributed by atoms with Gasteiger partial charge in [-0.1, -0.05) is 24.3 Å². The minimum Gasteiger partial charge on any atom is -0.478 e. The van der Waals surface area contributed by atoms with Gasteiger partial charge in [-0.2, -0.15) is 0 Å². The molecule has 5 heteroatoms. The van der Waals surface area contributed by atoms with Crippen LogP contribution in [0.25, 0.3) is 33.1 Å². The first-order chi connectivity index (χ1) is 13.6. The molecule has 0 aliphatic heterocycles. The van der Waals surface area contributed by atoms with Crippen molar-refractivity contribution in [2.24, 2.45) is 5.73 Å². The van der Waals surface area contributed by atoms with E-state index in [1.807, 2.05) is 43.5 Å². The van der Waals surface area contributed by atoms with Crippen LogP contribution in [0.15, 0.2) is 48.7 Å². The van der Waals surface area contributed by atoms with Gasteiger partial charge in [-0.15, -0.1) is 0 Å². The molecule has 0 aliphatic rings. The molecule has 4 aromatic rings. The first-order valence-electron chi connectivity index (χ1n) is 9.53. The molecule has 0 spiro atoms. The van der Waals surface area contributed by atoms with Gasteiger partial charge in [0, 0.05) is 28.0 Å². The Labute approximate surface area is 163 Å². The molecule has 142 valence electrons. The highest BCUT2D eigenvalue weighted by Gasteiger charge is 2.20. The number of nitrogens with zero attached hydrogens (tertiary/aromatic N) is 1. The van der Waals surface area contributed by atoms with Crippen molar-refractivity contribution in [2.45, 2.75) is 26.2 Å². The van der Waals surface area contributed by atoms with Crippen molar-refractivity contribution in [1.29, 1.82) is 0 Å². The largest absolute Gasteiger partial charge is 0.478 e. The quantitative estimate of drug-likeness (QED) is 0.428. The molecular weight excluding hydrogens is 350 g/mol. The van der Waals surface area contributed by atoms with E-state index in [0.29, 0.717) is 12.1 Å². The molecule has 0 atom stereocenters. The summed E-state index contributed by atoms with van der Waals surface area (Å²) in [5.74, 6) is -0.910. The predicted molar refractivity (Wildman–Crippen MR) is 113 cm³/mol. The first kappa shape index (κ1) is 18.2. The van der Waals surface area contributed by atoms with Gasteiger partial charge in [0.2, 0.25) is 0 Å². The van der Waals surface area contributed by atoms with Crippen molar-refractivity contribution >= 4 is 27.8 Å². The second-order valence-corrected chi connectivity index (χ2v) is 7.13. The lowest BCUT2D eigenvalue weighted by Crippen LogP contribution is -2.01. The molecule has 0 bridgehead atoms. The molecule has 0 aliphatic carbocycles. The van der Waals surface area contributed by atoms with Crippen molar-refractivity contribution in [2.75, 3.05) is 6.54 Å². The van der Waals surface area contributed by atoms with E-state index in [1.54, 1.807) is 6.07 Å². The molecule has 0 amide bonds. The van der Waals surface area contributed by atoms with Crippen molar-refractivity contribution in [3.63, 3.8) is 0 Å². The monoisotopic (exact) mass is 373 g/mol. The molecule has 0 saturated carbocycles. The van der Waals surface area contributed by atoms with E-state index in [2.05, 4.69) is 16.0 Å². The van der Waals surface area contributed by atoms with Gasteiger partial charge in [0.25, 0.3) is 0 Å². The van der Waals surface area contributed by atoms with E-state index in [0.717, 1.165) is 63.5 Å². The van der Waals surface area contributed by atoms with Gasteiger partial charge in [0.15, 0.2) is 0 Å². The molecule has 0 unspecified atom stereocenters. The number of aromatic nitrogens is 2. The number of H-pyrrole nitrogens is 1. The van der Waals surface area contributed by atoms with Crippen molar-refractivity contribution in [1.82, 2.24) is 9.97 Å². The zero-order valence-electron chi connectivity index (χ0n) is 15.8. The van der Waals surface area contributed by atoms with Crippen LogP contribution in [0.3, 0.4) is 0 Å². The Morgan fingerprint density at radius 2 is 2.00 bits per heavy atom. The maximum absolute atomic E-state index is 11.9. The van der Waals surface area contributed by atoms with E-state index in [-0.39, 0.29) is 0 Å². The molecule has 0 saturated heterocycles. The maximum atomic E-state index is 11.9. The number of benzene rings is 2. The Balaban J connectivity index is 1.97. The van der Waals surface area contributed by atoms with E-state index in [4.69, 9.17) is 5.73 Å². The minimum atomic E-state index is -0.910. The number of aromatic amines is 1. The lowest BCUT2D eigenvalue weighted by atomic mass is 9.96. The second-order valence-electron chi connectivity index (χ2n) is 7.13. The predicted octanol–water partition coefficient (Wildman–Crippen LogP) is 4.67. The summed E-state index contributed by atoms with van der Waals surface area (Å²) in [7, 11) is 0. The standard InChI is InChI=1S/C23H23N3O2/c1-14-9-10-18(23(27)28)20-17(7-4-5-11-24)22(26-21(14)20)16-12-15-6-2-3-8-19(15)25-13-16/h2-3,6,8-10,12-13,26H,4-5,7,11,24H2,1H3,(H,27,28). The highest BCUT2D eigenvalue weighted by atomic mass is 16.4. The summed E-state index contributed by atoms with van der Waals surface area (Å²) < 4.78 is 0. The molecule has 28 heavy (non-hydrogen) atoms. The Kier molecular flexibility index (Phi) is 4.84. The summed E-state index contributed by atoms with van der Waals surface area (Å²) in [6.45, 7) is 2.62. The molecule has 2 aromatic carbocycles. The smallest absolute Gasteiger partial charge is 0.336 e. The van der Waals surface area contributed by atoms with Gasteiger partial charge in [0.1, 0.15) is 0 Å². The zero-order valence-corrected chi connectivity index (χ0v) is 15.8. The topological polar surface area (TPSA) is 92.0 Å². The fourth-order valence-corrected chi connectivity index (χ4v) is 3.84. The number of nitrogens with one attached hydrogen (secondary N) is 1. The number of hydrogen-bond donors (Lipinski definition) is 3. The van der Waals surface area contributed by atoms with Crippen LogP contribution in [0.1, 0.15) is 34.3 Å². The molecule has 0 radical (unpaired) electrons. The van der Waals surface area contributed by atoms with Crippen molar-refractivity contribution < 1.29 is 9.90 Å². The molecule has 2 heterocycles. The summed E-state index contributed by atoms with van der Waals surface area (Å²) >= 11 is 0. The number of fused-ring (bicyclic) bond motifs is 2. The highest BCUT2D eigenvalue weighted by molar-refractivity contribution is 6.07. The fraction of sp³-hybridized carbons (Fsp3) is 0.217. The minimum absolute atomic E-state index is 0.333. The van der Waals surface area contributed by atoms with Crippen LogP contribution in [0.2, 0.25) is 0 Å². The van der Waals surface area contributed by atoms with Crippen LogP contribution in [0.4, 0.5) is 0 Å². The molecular formula is C23H23N3O2. The third-order valence-corrected chi connectivity index (χ3v) is 5.26. The van der Waals surface area contributed by atoms with Crippen LogP contribution in [-0.2, 0) is 6.42 Å². The van der Waals surface area contributed by atoms with E-state index in [9.17, 15) is 9.90 Å². The molecule has 2 aromatic heterocycles. The zero-order chi connectivity index (χ0) is 19.7. The van der Waals surface area contributed by atoms with E-state index in [1.165, 1.54) is 0 Å². The third-order valence-electron chi connectivity index (χ3n) is 5.26.